The third kappa shape index (κ3) is 5.46. The Bertz CT molecular complexity index is 1090. The van der Waals surface area contributed by atoms with E-state index in [1.807, 2.05) is 54.2 Å². The first kappa shape index (κ1) is 22.7. The van der Waals surface area contributed by atoms with Crippen LogP contribution in [0.4, 0.5) is 10.2 Å². The van der Waals surface area contributed by atoms with Crippen LogP contribution in [0.25, 0.3) is 0 Å². The molecule has 3 aromatic rings. The highest BCUT2D eigenvalue weighted by atomic mass is 19.1. The van der Waals surface area contributed by atoms with Crippen molar-refractivity contribution in [1.29, 1.82) is 0 Å². The van der Waals surface area contributed by atoms with Crippen molar-refractivity contribution in [3.63, 3.8) is 0 Å². The van der Waals surface area contributed by atoms with Crippen molar-refractivity contribution >= 4 is 11.7 Å². The maximum atomic E-state index is 13.7. The molecular weight excluding hydrogens is 421 g/mol. The number of amides is 1. The largest absolute Gasteiger partial charge is 0.486 e. The van der Waals surface area contributed by atoms with E-state index in [1.165, 1.54) is 18.5 Å². The number of hydrogen-bond donors (Lipinski definition) is 1. The van der Waals surface area contributed by atoms with Crippen LogP contribution in [0.1, 0.15) is 34.0 Å². The molecule has 8 heteroatoms. The zero-order valence-electron chi connectivity index (χ0n) is 18.9. The van der Waals surface area contributed by atoms with Gasteiger partial charge in [-0.15, -0.1) is 0 Å². The molecule has 2 aromatic carbocycles. The molecule has 1 N–H and O–H groups in total. The van der Waals surface area contributed by atoms with E-state index in [2.05, 4.69) is 15.3 Å². The zero-order chi connectivity index (χ0) is 23.2. The van der Waals surface area contributed by atoms with E-state index in [0.29, 0.717) is 43.2 Å². The van der Waals surface area contributed by atoms with Gasteiger partial charge in [-0.3, -0.25) is 4.79 Å². The van der Waals surface area contributed by atoms with Crippen LogP contribution in [0, 0.1) is 5.82 Å². The number of nitrogens with zero attached hydrogens (tertiary/aromatic N) is 4. The molecule has 0 bridgehead atoms. The lowest BCUT2D eigenvalue weighted by atomic mass is 10.1. The number of hydrogen-bond acceptors (Lipinski definition) is 6. The number of halogens is 1. The quantitative estimate of drug-likeness (QED) is 0.568. The van der Waals surface area contributed by atoms with Gasteiger partial charge >= 0.3 is 0 Å². The van der Waals surface area contributed by atoms with Crippen LogP contribution in [-0.2, 0) is 6.54 Å². The monoisotopic (exact) mass is 449 g/mol. The first-order chi connectivity index (χ1) is 16.0. The number of anilines is 1. The summed E-state index contributed by atoms with van der Waals surface area (Å²) >= 11 is 0. The van der Waals surface area contributed by atoms with Crippen LogP contribution < -0.4 is 15.0 Å². The van der Waals surface area contributed by atoms with Crippen LogP contribution in [0.3, 0.4) is 0 Å². The van der Waals surface area contributed by atoms with Crippen molar-refractivity contribution in [2.45, 2.75) is 19.1 Å². The highest BCUT2D eigenvalue weighted by Crippen LogP contribution is 2.26. The third-order valence-corrected chi connectivity index (χ3v) is 5.73. The number of carbonyl (C=O) groups is 1. The number of ether oxygens (including phenoxy) is 1. The van der Waals surface area contributed by atoms with E-state index in [1.54, 1.807) is 12.3 Å². The summed E-state index contributed by atoms with van der Waals surface area (Å²) in [4.78, 5) is 25.1. The molecule has 1 unspecified atom stereocenters. The highest BCUT2D eigenvalue weighted by molar-refractivity contribution is 5.99. The van der Waals surface area contributed by atoms with Crippen molar-refractivity contribution in [1.82, 2.24) is 20.2 Å². The lowest BCUT2D eigenvalue weighted by molar-refractivity contribution is 0.0754. The molecule has 0 fully saturated rings. The average Bonchev–Trinajstić information content (AvgIpc) is 2.95. The number of aromatic nitrogens is 2. The lowest BCUT2D eigenvalue weighted by Crippen LogP contribution is -2.33. The Morgan fingerprint density at radius 2 is 2.00 bits per heavy atom. The minimum absolute atomic E-state index is 0.0755. The van der Waals surface area contributed by atoms with Gasteiger partial charge in [-0.1, -0.05) is 24.3 Å². The maximum Gasteiger partial charge on any atom is 0.259 e. The molecule has 1 aliphatic heterocycles. The minimum atomic E-state index is -0.277. The van der Waals surface area contributed by atoms with Crippen LogP contribution >= 0.6 is 0 Å². The summed E-state index contributed by atoms with van der Waals surface area (Å²) in [5, 5.41) is 3.12. The Kier molecular flexibility index (Phi) is 7.14. The second-order valence-corrected chi connectivity index (χ2v) is 8.11. The van der Waals surface area contributed by atoms with Gasteiger partial charge in [0.05, 0.1) is 0 Å². The topological polar surface area (TPSA) is 70.6 Å². The smallest absolute Gasteiger partial charge is 0.259 e. The first-order valence-corrected chi connectivity index (χ1v) is 11.0. The molecule has 0 spiro atoms. The molecule has 33 heavy (non-hydrogen) atoms. The van der Waals surface area contributed by atoms with Crippen molar-refractivity contribution < 1.29 is 13.9 Å². The van der Waals surface area contributed by atoms with Crippen LogP contribution in [0.2, 0.25) is 0 Å². The van der Waals surface area contributed by atoms with Gasteiger partial charge in [-0.2, -0.15) is 0 Å². The molecule has 0 radical (unpaired) electrons. The summed E-state index contributed by atoms with van der Waals surface area (Å²) in [6.45, 7) is 2.51. The highest BCUT2D eigenvalue weighted by Gasteiger charge is 2.26. The van der Waals surface area contributed by atoms with Crippen molar-refractivity contribution in [3.8, 4) is 5.75 Å². The van der Waals surface area contributed by atoms with E-state index < -0.39 is 0 Å². The molecule has 1 atom stereocenters. The molecule has 1 aliphatic rings. The molecule has 0 saturated carbocycles. The van der Waals surface area contributed by atoms with Crippen LogP contribution in [0.5, 0.6) is 5.75 Å². The molecule has 1 amide bonds. The lowest BCUT2D eigenvalue weighted by Gasteiger charge is -2.22. The molecule has 2 heterocycles. The summed E-state index contributed by atoms with van der Waals surface area (Å²) in [7, 11) is 3.81. The molecule has 4 rings (SSSR count). The number of carbonyl (C=O) groups excluding carboxylic acids is 1. The molecule has 0 saturated heterocycles. The SMILES string of the molecule is CNCCC(Oc1ccc(CN2CCN(C)c3ncncc3C2=O)cc1)c1cccc(F)c1. The fraction of sp³-hybridized carbons (Fsp3) is 0.320. The third-order valence-electron chi connectivity index (χ3n) is 5.73. The molecule has 1 aromatic heterocycles. The molecular formula is C25H28FN5O2. The first-order valence-electron chi connectivity index (χ1n) is 11.0. The van der Waals surface area contributed by atoms with E-state index >= 15 is 0 Å². The molecule has 172 valence electrons. The van der Waals surface area contributed by atoms with Gasteiger partial charge in [-0.25, -0.2) is 14.4 Å². The Balaban J connectivity index is 1.46. The Morgan fingerprint density at radius 3 is 2.76 bits per heavy atom. The summed E-state index contributed by atoms with van der Waals surface area (Å²) in [5.74, 6) is 1.00. The van der Waals surface area contributed by atoms with E-state index in [0.717, 1.165) is 17.7 Å². The normalized spacial score (nSPS) is 14.6. The van der Waals surface area contributed by atoms with Gasteiger partial charge in [0.1, 0.15) is 35.4 Å². The van der Waals surface area contributed by atoms with E-state index in [9.17, 15) is 9.18 Å². The van der Waals surface area contributed by atoms with Gasteiger partial charge in [0, 0.05) is 39.3 Å². The maximum absolute atomic E-state index is 13.7. The Labute approximate surface area is 193 Å². The van der Waals surface area contributed by atoms with Gasteiger partial charge in [0.15, 0.2) is 0 Å². The average molecular weight is 450 g/mol. The Hall–Kier alpha value is -3.52. The number of benzene rings is 2. The molecule has 7 nitrogen and oxygen atoms in total. The fourth-order valence-corrected chi connectivity index (χ4v) is 3.91. The van der Waals surface area contributed by atoms with E-state index in [-0.39, 0.29) is 17.8 Å². The van der Waals surface area contributed by atoms with Crippen LogP contribution in [-0.4, -0.2) is 54.5 Å². The number of fused-ring (bicyclic) bond motifs is 1. The predicted octanol–water partition coefficient (Wildman–Crippen LogP) is 3.44. The summed E-state index contributed by atoms with van der Waals surface area (Å²) in [6.07, 6.45) is 3.48. The standard InChI is InChI=1S/C25H28FN5O2/c1-27-11-10-23(19-4-3-5-20(26)14-19)33-21-8-6-18(7-9-21)16-31-13-12-30(2)24-22(25(31)32)15-28-17-29-24/h3-9,14-15,17,23,27H,10-13,16H2,1-2H3. The van der Waals surface area contributed by atoms with Gasteiger partial charge in [0.25, 0.3) is 5.91 Å². The molecule has 0 aliphatic carbocycles. The van der Waals surface area contributed by atoms with Crippen molar-refractivity contribution in [3.05, 3.63) is 83.6 Å². The van der Waals surface area contributed by atoms with Crippen LogP contribution in [0.15, 0.2) is 61.1 Å². The van der Waals surface area contributed by atoms with Gasteiger partial charge in [-0.05, 0) is 49.0 Å². The number of rotatable bonds is 8. The van der Waals surface area contributed by atoms with Gasteiger partial charge < -0.3 is 19.9 Å². The second kappa shape index (κ2) is 10.4. The zero-order valence-corrected chi connectivity index (χ0v) is 18.9. The number of likely N-dealkylation sites (N-methyl/N-ethyl adjacent to an activating group) is 1. The second-order valence-electron chi connectivity index (χ2n) is 8.11. The fourth-order valence-electron chi connectivity index (χ4n) is 3.91. The van der Waals surface area contributed by atoms with E-state index in [4.69, 9.17) is 4.74 Å². The van der Waals surface area contributed by atoms with Crippen molar-refractivity contribution in [2.24, 2.45) is 0 Å². The number of nitrogens with one attached hydrogen (secondary N) is 1. The summed E-state index contributed by atoms with van der Waals surface area (Å²) in [5.41, 5.74) is 2.31. The predicted molar refractivity (Wildman–Crippen MR) is 125 cm³/mol. The van der Waals surface area contributed by atoms with Gasteiger partial charge in [0.2, 0.25) is 0 Å². The van der Waals surface area contributed by atoms with Crippen molar-refractivity contribution in [2.75, 3.05) is 38.6 Å². The summed E-state index contributed by atoms with van der Waals surface area (Å²) in [6, 6.07) is 14.2. The summed E-state index contributed by atoms with van der Waals surface area (Å²) < 4.78 is 19.9. The Morgan fingerprint density at radius 1 is 1.18 bits per heavy atom. The minimum Gasteiger partial charge on any atom is -0.486 e.